The van der Waals surface area contributed by atoms with Gasteiger partial charge in [0.25, 0.3) is 0 Å². The smallest absolute Gasteiger partial charge is 0.250 e. The van der Waals surface area contributed by atoms with Crippen molar-refractivity contribution in [3.8, 4) is 5.75 Å². The molecule has 1 saturated heterocycles. The molecule has 0 aliphatic carbocycles. The van der Waals surface area contributed by atoms with E-state index in [1.54, 1.807) is 43.2 Å². The highest BCUT2D eigenvalue weighted by atomic mass is 16.5. The maximum Gasteiger partial charge on any atom is 0.250 e. The summed E-state index contributed by atoms with van der Waals surface area (Å²) < 4.78 is 5.11. The van der Waals surface area contributed by atoms with Crippen LogP contribution in [0.3, 0.4) is 0 Å². The van der Waals surface area contributed by atoms with E-state index in [1.807, 2.05) is 6.92 Å². The van der Waals surface area contributed by atoms with Crippen molar-refractivity contribution in [1.82, 2.24) is 5.32 Å². The van der Waals surface area contributed by atoms with Gasteiger partial charge in [0.1, 0.15) is 17.8 Å². The molecule has 2 unspecified atom stereocenters. The van der Waals surface area contributed by atoms with Gasteiger partial charge in [0.15, 0.2) is 0 Å². The second-order valence-corrected chi connectivity index (χ2v) is 4.93. The van der Waals surface area contributed by atoms with Gasteiger partial charge in [0.2, 0.25) is 11.8 Å². The third kappa shape index (κ3) is 2.61. The number of anilines is 1. The largest absolute Gasteiger partial charge is 0.497 e. The molecule has 0 spiro atoms. The molecule has 5 heteroatoms. The molecule has 108 valence electrons. The Hall–Kier alpha value is -2.04. The van der Waals surface area contributed by atoms with Crippen LogP contribution in [0.2, 0.25) is 0 Å². The van der Waals surface area contributed by atoms with E-state index >= 15 is 0 Å². The number of methoxy groups -OCH3 is 1. The van der Waals surface area contributed by atoms with E-state index in [9.17, 15) is 9.59 Å². The number of benzene rings is 1. The van der Waals surface area contributed by atoms with Crippen molar-refractivity contribution in [3.05, 3.63) is 24.3 Å². The zero-order valence-corrected chi connectivity index (χ0v) is 12.1. The number of ether oxygens (including phenoxy) is 1. The number of carbonyl (C=O) groups excluding carboxylic acids is 2. The summed E-state index contributed by atoms with van der Waals surface area (Å²) in [5, 5.41) is 2.78. The molecule has 1 N–H and O–H groups in total. The van der Waals surface area contributed by atoms with Crippen LogP contribution >= 0.6 is 0 Å². The van der Waals surface area contributed by atoms with Crippen LogP contribution in [-0.2, 0) is 9.59 Å². The standard InChI is InChI=1S/C15H20N2O3/c1-4-5-13-15(19)17(10(2)14(18)16-13)11-6-8-12(20-3)9-7-11/h6-10,13H,4-5H2,1-3H3,(H,16,18). The highest BCUT2D eigenvalue weighted by Gasteiger charge is 2.38. The molecular formula is C15H20N2O3. The highest BCUT2D eigenvalue weighted by molar-refractivity contribution is 6.08. The van der Waals surface area contributed by atoms with Crippen LogP contribution in [0.1, 0.15) is 26.7 Å². The molecule has 1 fully saturated rings. The van der Waals surface area contributed by atoms with Gasteiger partial charge >= 0.3 is 0 Å². The van der Waals surface area contributed by atoms with Crippen LogP contribution in [0.15, 0.2) is 24.3 Å². The molecule has 1 aliphatic rings. The van der Waals surface area contributed by atoms with Crippen molar-refractivity contribution in [2.45, 2.75) is 38.8 Å². The molecule has 0 saturated carbocycles. The Balaban J connectivity index is 2.29. The SMILES string of the molecule is CCCC1NC(=O)C(C)N(c2ccc(OC)cc2)C1=O. The molecule has 2 amide bonds. The van der Waals surface area contributed by atoms with E-state index in [2.05, 4.69) is 5.32 Å². The first kappa shape index (κ1) is 14.4. The summed E-state index contributed by atoms with van der Waals surface area (Å²) in [6.07, 6.45) is 1.51. The Kier molecular flexibility index (Phi) is 4.27. The van der Waals surface area contributed by atoms with Crippen LogP contribution in [0, 0.1) is 0 Å². The topological polar surface area (TPSA) is 58.6 Å². The lowest BCUT2D eigenvalue weighted by atomic mass is 10.0. The molecule has 1 aliphatic heterocycles. The Morgan fingerprint density at radius 3 is 2.45 bits per heavy atom. The van der Waals surface area contributed by atoms with Crippen molar-refractivity contribution < 1.29 is 14.3 Å². The van der Waals surface area contributed by atoms with Gasteiger partial charge in [0, 0.05) is 5.69 Å². The molecule has 2 rings (SSSR count). The number of carbonyl (C=O) groups is 2. The normalized spacial score (nSPS) is 22.6. The summed E-state index contributed by atoms with van der Waals surface area (Å²) in [6.45, 7) is 3.73. The third-order valence-electron chi connectivity index (χ3n) is 3.55. The van der Waals surface area contributed by atoms with Crippen molar-refractivity contribution in [2.24, 2.45) is 0 Å². The quantitative estimate of drug-likeness (QED) is 0.911. The fourth-order valence-corrected chi connectivity index (χ4v) is 2.41. The average Bonchev–Trinajstić information content (AvgIpc) is 2.46. The minimum atomic E-state index is -0.496. The van der Waals surface area contributed by atoms with E-state index in [1.165, 1.54) is 0 Å². The van der Waals surface area contributed by atoms with Gasteiger partial charge in [-0.3, -0.25) is 14.5 Å². The molecule has 5 nitrogen and oxygen atoms in total. The van der Waals surface area contributed by atoms with E-state index in [-0.39, 0.29) is 11.8 Å². The lowest BCUT2D eigenvalue weighted by Gasteiger charge is -2.37. The summed E-state index contributed by atoms with van der Waals surface area (Å²) in [6, 6.07) is 6.26. The first-order valence-electron chi connectivity index (χ1n) is 6.86. The molecule has 0 aromatic heterocycles. The monoisotopic (exact) mass is 276 g/mol. The third-order valence-corrected chi connectivity index (χ3v) is 3.55. The van der Waals surface area contributed by atoms with Gasteiger partial charge in [-0.2, -0.15) is 0 Å². The first-order chi connectivity index (χ1) is 9.58. The summed E-state index contributed by atoms with van der Waals surface area (Å²) in [5.41, 5.74) is 0.722. The Morgan fingerprint density at radius 2 is 1.90 bits per heavy atom. The van der Waals surface area contributed by atoms with Gasteiger partial charge in [-0.05, 0) is 37.6 Å². The van der Waals surface area contributed by atoms with E-state index in [4.69, 9.17) is 4.74 Å². The number of nitrogens with zero attached hydrogens (tertiary/aromatic N) is 1. The van der Waals surface area contributed by atoms with Crippen LogP contribution in [0.5, 0.6) is 5.75 Å². The molecule has 1 heterocycles. The summed E-state index contributed by atoms with van der Waals surface area (Å²) in [5.74, 6) is 0.559. The number of amides is 2. The number of piperazine rings is 1. The van der Waals surface area contributed by atoms with Crippen molar-refractivity contribution in [1.29, 1.82) is 0 Å². The van der Waals surface area contributed by atoms with Gasteiger partial charge in [0.05, 0.1) is 7.11 Å². The summed E-state index contributed by atoms with van der Waals surface area (Å²) >= 11 is 0. The lowest BCUT2D eigenvalue weighted by molar-refractivity contribution is -0.133. The number of hydrogen-bond acceptors (Lipinski definition) is 3. The summed E-state index contributed by atoms with van der Waals surface area (Å²) in [4.78, 5) is 26.1. The average molecular weight is 276 g/mol. The zero-order valence-electron chi connectivity index (χ0n) is 12.1. The second-order valence-electron chi connectivity index (χ2n) is 4.93. The maximum atomic E-state index is 12.5. The lowest BCUT2D eigenvalue weighted by Crippen LogP contribution is -2.62. The Morgan fingerprint density at radius 1 is 1.25 bits per heavy atom. The number of hydrogen-bond donors (Lipinski definition) is 1. The van der Waals surface area contributed by atoms with Gasteiger partial charge < -0.3 is 10.1 Å². The molecule has 20 heavy (non-hydrogen) atoms. The fourth-order valence-electron chi connectivity index (χ4n) is 2.41. The molecule has 0 radical (unpaired) electrons. The van der Waals surface area contributed by atoms with E-state index < -0.39 is 12.1 Å². The minimum Gasteiger partial charge on any atom is -0.497 e. The molecule has 1 aromatic rings. The molecule has 2 atom stereocenters. The van der Waals surface area contributed by atoms with Gasteiger partial charge in [-0.25, -0.2) is 0 Å². The predicted octanol–water partition coefficient (Wildman–Crippen LogP) is 1.72. The number of rotatable bonds is 4. The number of nitrogens with one attached hydrogen (secondary N) is 1. The molecule has 0 bridgehead atoms. The van der Waals surface area contributed by atoms with E-state index in [0.29, 0.717) is 6.42 Å². The predicted molar refractivity (Wildman–Crippen MR) is 76.8 cm³/mol. The van der Waals surface area contributed by atoms with E-state index in [0.717, 1.165) is 17.9 Å². The molecular weight excluding hydrogens is 256 g/mol. The Labute approximate surface area is 118 Å². The van der Waals surface area contributed by atoms with Crippen molar-refractivity contribution >= 4 is 17.5 Å². The fraction of sp³-hybridized carbons (Fsp3) is 0.467. The van der Waals surface area contributed by atoms with Crippen molar-refractivity contribution in [3.63, 3.8) is 0 Å². The van der Waals surface area contributed by atoms with Gasteiger partial charge in [-0.1, -0.05) is 13.3 Å². The zero-order chi connectivity index (χ0) is 14.7. The Bertz CT molecular complexity index is 498. The van der Waals surface area contributed by atoms with Crippen LogP contribution in [0.25, 0.3) is 0 Å². The highest BCUT2D eigenvalue weighted by Crippen LogP contribution is 2.24. The maximum absolute atomic E-state index is 12.5. The van der Waals surface area contributed by atoms with Crippen molar-refractivity contribution in [2.75, 3.05) is 12.0 Å². The minimum absolute atomic E-state index is 0.0517. The van der Waals surface area contributed by atoms with Crippen LogP contribution in [0.4, 0.5) is 5.69 Å². The second kappa shape index (κ2) is 5.94. The molecule has 1 aromatic carbocycles. The van der Waals surface area contributed by atoms with Crippen LogP contribution < -0.4 is 15.0 Å². The van der Waals surface area contributed by atoms with Gasteiger partial charge in [-0.15, -0.1) is 0 Å². The first-order valence-corrected chi connectivity index (χ1v) is 6.86. The van der Waals surface area contributed by atoms with Crippen LogP contribution in [-0.4, -0.2) is 31.0 Å². The summed E-state index contributed by atoms with van der Waals surface area (Å²) in [7, 11) is 1.59.